The van der Waals surface area contributed by atoms with Crippen LogP contribution in [0.2, 0.25) is 0 Å². The average molecular weight is 270 g/mol. The first-order valence-corrected chi connectivity index (χ1v) is 7.15. The average Bonchev–Trinajstić information content (AvgIpc) is 2.39. The molecule has 1 aliphatic rings. The van der Waals surface area contributed by atoms with Gasteiger partial charge in [0.2, 0.25) is 0 Å². The molecule has 1 fully saturated rings. The highest BCUT2D eigenvalue weighted by Gasteiger charge is 2.41. The fourth-order valence-electron chi connectivity index (χ4n) is 2.33. The van der Waals surface area contributed by atoms with Crippen molar-refractivity contribution in [2.75, 3.05) is 7.11 Å². The number of carbonyl (C=O) groups is 2. The van der Waals surface area contributed by atoms with Crippen LogP contribution in [0.15, 0.2) is 0 Å². The molecule has 0 aliphatic heterocycles. The first-order chi connectivity index (χ1) is 8.85. The van der Waals surface area contributed by atoms with Crippen molar-refractivity contribution in [1.82, 2.24) is 0 Å². The summed E-state index contributed by atoms with van der Waals surface area (Å²) in [6.07, 6.45) is 5.54. The Morgan fingerprint density at radius 3 is 2.21 bits per heavy atom. The molecule has 4 heteroatoms. The van der Waals surface area contributed by atoms with Gasteiger partial charge in [0, 0.05) is 0 Å². The molecule has 0 atom stereocenters. The smallest absolute Gasteiger partial charge is 0.312 e. The lowest BCUT2D eigenvalue weighted by molar-refractivity contribution is -0.178. The zero-order chi connectivity index (χ0) is 14.5. The van der Waals surface area contributed by atoms with E-state index < -0.39 is 11.0 Å². The third kappa shape index (κ3) is 4.22. The van der Waals surface area contributed by atoms with Crippen LogP contribution in [0.1, 0.15) is 65.7 Å². The molecule has 1 aliphatic carbocycles. The summed E-state index contributed by atoms with van der Waals surface area (Å²) >= 11 is 0. The van der Waals surface area contributed by atoms with E-state index in [1.54, 1.807) is 0 Å². The van der Waals surface area contributed by atoms with E-state index in [2.05, 4.69) is 0 Å². The SMILES string of the molecule is CCC(C)(C)C(=O)OC1(CC(=O)OC)CCCCC1. The molecule has 1 saturated carbocycles. The molecule has 4 nitrogen and oxygen atoms in total. The third-order valence-corrected chi connectivity index (χ3v) is 4.20. The number of hydrogen-bond donors (Lipinski definition) is 0. The number of methoxy groups -OCH3 is 1. The van der Waals surface area contributed by atoms with E-state index >= 15 is 0 Å². The first-order valence-electron chi connectivity index (χ1n) is 7.15. The van der Waals surface area contributed by atoms with Crippen molar-refractivity contribution in [1.29, 1.82) is 0 Å². The maximum Gasteiger partial charge on any atom is 0.312 e. The van der Waals surface area contributed by atoms with E-state index in [0.717, 1.165) is 38.5 Å². The molecule has 0 heterocycles. The van der Waals surface area contributed by atoms with Gasteiger partial charge in [-0.15, -0.1) is 0 Å². The molecule has 19 heavy (non-hydrogen) atoms. The summed E-state index contributed by atoms with van der Waals surface area (Å²) in [7, 11) is 1.37. The van der Waals surface area contributed by atoms with Crippen LogP contribution in [-0.2, 0) is 19.1 Å². The van der Waals surface area contributed by atoms with Gasteiger partial charge in [0.15, 0.2) is 0 Å². The fourth-order valence-corrected chi connectivity index (χ4v) is 2.33. The number of rotatable bonds is 5. The Morgan fingerprint density at radius 1 is 1.16 bits per heavy atom. The van der Waals surface area contributed by atoms with Crippen LogP contribution in [0.3, 0.4) is 0 Å². The molecule has 1 rings (SSSR count). The summed E-state index contributed by atoms with van der Waals surface area (Å²) in [5, 5.41) is 0. The van der Waals surface area contributed by atoms with E-state index in [1.807, 2.05) is 20.8 Å². The van der Waals surface area contributed by atoms with Crippen LogP contribution in [0.4, 0.5) is 0 Å². The lowest BCUT2D eigenvalue weighted by Crippen LogP contribution is -2.43. The van der Waals surface area contributed by atoms with Crippen molar-refractivity contribution in [2.45, 2.75) is 71.3 Å². The zero-order valence-electron chi connectivity index (χ0n) is 12.6. The topological polar surface area (TPSA) is 52.6 Å². The molecule has 0 N–H and O–H groups in total. The van der Waals surface area contributed by atoms with Gasteiger partial charge in [-0.05, 0) is 46.0 Å². The molecule has 0 aromatic rings. The van der Waals surface area contributed by atoms with Crippen molar-refractivity contribution in [3.05, 3.63) is 0 Å². The second-order valence-electron chi connectivity index (χ2n) is 6.12. The van der Waals surface area contributed by atoms with Crippen LogP contribution in [0.25, 0.3) is 0 Å². The van der Waals surface area contributed by atoms with Crippen molar-refractivity contribution >= 4 is 11.9 Å². The summed E-state index contributed by atoms with van der Waals surface area (Å²) < 4.78 is 10.5. The molecular weight excluding hydrogens is 244 g/mol. The van der Waals surface area contributed by atoms with Crippen LogP contribution < -0.4 is 0 Å². The summed E-state index contributed by atoms with van der Waals surface area (Å²) in [5.74, 6) is -0.509. The Balaban J connectivity index is 2.80. The summed E-state index contributed by atoms with van der Waals surface area (Å²) in [5.41, 5.74) is -1.14. The van der Waals surface area contributed by atoms with Crippen molar-refractivity contribution in [3.63, 3.8) is 0 Å². The summed E-state index contributed by atoms with van der Waals surface area (Å²) in [6, 6.07) is 0. The number of hydrogen-bond acceptors (Lipinski definition) is 4. The van der Waals surface area contributed by atoms with Gasteiger partial charge in [-0.25, -0.2) is 0 Å². The van der Waals surface area contributed by atoms with Crippen molar-refractivity contribution in [3.8, 4) is 0 Å². The molecule has 0 aromatic carbocycles. The number of esters is 2. The van der Waals surface area contributed by atoms with E-state index in [1.165, 1.54) is 7.11 Å². The van der Waals surface area contributed by atoms with Gasteiger partial charge >= 0.3 is 11.9 Å². The summed E-state index contributed by atoms with van der Waals surface area (Å²) in [4.78, 5) is 23.8. The Labute approximate surface area is 115 Å². The highest BCUT2D eigenvalue weighted by Crippen LogP contribution is 2.37. The van der Waals surface area contributed by atoms with Crippen molar-refractivity contribution in [2.24, 2.45) is 5.41 Å². The molecule has 0 unspecified atom stereocenters. The Kier molecular flexibility index (Phi) is 5.39. The molecule has 0 saturated heterocycles. The van der Waals surface area contributed by atoms with E-state index in [9.17, 15) is 9.59 Å². The monoisotopic (exact) mass is 270 g/mol. The largest absolute Gasteiger partial charge is 0.469 e. The maximum atomic E-state index is 12.3. The second kappa shape index (κ2) is 6.40. The lowest BCUT2D eigenvalue weighted by atomic mass is 9.81. The highest BCUT2D eigenvalue weighted by molar-refractivity contribution is 5.77. The maximum absolute atomic E-state index is 12.3. The van der Waals surface area contributed by atoms with Gasteiger partial charge in [0.25, 0.3) is 0 Å². The second-order valence-corrected chi connectivity index (χ2v) is 6.12. The zero-order valence-corrected chi connectivity index (χ0v) is 12.6. The van der Waals surface area contributed by atoms with Crippen LogP contribution in [0, 0.1) is 5.41 Å². The molecular formula is C15H26O4. The fraction of sp³-hybridized carbons (Fsp3) is 0.867. The van der Waals surface area contributed by atoms with Gasteiger partial charge in [-0.1, -0.05) is 13.3 Å². The van der Waals surface area contributed by atoms with Gasteiger partial charge in [0.1, 0.15) is 5.60 Å². The molecule has 0 aromatic heterocycles. The molecule has 0 radical (unpaired) electrons. The Morgan fingerprint density at radius 2 is 1.74 bits per heavy atom. The molecule has 0 amide bonds. The Hall–Kier alpha value is -1.06. The number of carbonyl (C=O) groups excluding carboxylic acids is 2. The van der Waals surface area contributed by atoms with Crippen LogP contribution in [0.5, 0.6) is 0 Å². The minimum atomic E-state index is -0.644. The van der Waals surface area contributed by atoms with Gasteiger partial charge in [-0.2, -0.15) is 0 Å². The van der Waals surface area contributed by atoms with E-state index in [-0.39, 0.29) is 18.4 Å². The quantitative estimate of drug-likeness (QED) is 0.720. The van der Waals surface area contributed by atoms with Crippen LogP contribution in [-0.4, -0.2) is 24.6 Å². The molecule has 0 bridgehead atoms. The standard InChI is InChI=1S/C15H26O4/c1-5-14(2,3)13(17)19-15(11-12(16)18-4)9-7-6-8-10-15/h5-11H2,1-4H3. The lowest BCUT2D eigenvalue weighted by Gasteiger charge is -2.38. The molecule has 110 valence electrons. The minimum absolute atomic E-state index is 0.176. The van der Waals surface area contributed by atoms with Gasteiger partial charge < -0.3 is 9.47 Å². The predicted octanol–water partition coefficient (Wildman–Crippen LogP) is 3.23. The third-order valence-electron chi connectivity index (χ3n) is 4.20. The Bertz CT molecular complexity index is 327. The van der Waals surface area contributed by atoms with E-state index in [4.69, 9.17) is 9.47 Å². The van der Waals surface area contributed by atoms with Gasteiger partial charge in [-0.3, -0.25) is 9.59 Å². The number of ether oxygens (including phenoxy) is 2. The van der Waals surface area contributed by atoms with E-state index in [0.29, 0.717) is 0 Å². The summed E-state index contributed by atoms with van der Waals surface area (Å²) in [6.45, 7) is 5.73. The molecule has 0 spiro atoms. The van der Waals surface area contributed by atoms with Crippen molar-refractivity contribution < 1.29 is 19.1 Å². The van der Waals surface area contributed by atoms with Crippen LogP contribution >= 0.6 is 0 Å². The minimum Gasteiger partial charge on any atom is -0.469 e. The predicted molar refractivity (Wildman–Crippen MR) is 72.6 cm³/mol. The van der Waals surface area contributed by atoms with Gasteiger partial charge in [0.05, 0.1) is 18.9 Å². The first kappa shape index (κ1) is 16.0. The highest BCUT2D eigenvalue weighted by atomic mass is 16.6. The normalized spacial score (nSPS) is 18.7.